The highest BCUT2D eigenvalue weighted by atomic mass is 32.1. The van der Waals surface area contributed by atoms with Crippen LogP contribution in [0.15, 0.2) is 29.8 Å². The van der Waals surface area contributed by atoms with Gasteiger partial charge in [0.05, 0.1) is 11.9 Å². The van der Waals surface area contributed by atoms with Crippen molar-refractivity contribution in [1.29, 1.82) is 0 Å². The first-order chi connectivity index (χ1) is 12.6. The highest BCUT2D eigenvalue weighted by Gasteiger charge is 2.16. The standard InChI is InChI=1S/C19H22N4O2S/c1-4-23-13(2)15(8-20-23)9-22(3)10-16-11-26-19(21-16)14-5-6-17-18(7-14)25-12-24-17/h5-8,11H,4,9-10,12H2,1-3H3. The van der Waals surface area contributed by atoms with Crippen LogP contribution >= 0.6 is 11.3 Å². The summed E-state index contributed by atoms with van der Waals surface area (Å²) in [5, 5.41) is 7.55. The smallest absolute Gasteiger partial charge is 0.231 e. The summed E-state index contributed by atoms with van der Waals surface area (Å²) in [5.74, 6) is 1.59. The first-order valence-electron chi connectivity index (χ1n) is 8.68. The molecular weight excluding hydrogens is 348 g/mol. The maximum Gasteiger partial charge on any atom is 0.231 e. The minimum atomic E-state index is 0.292. The Labute approximate surface area is 157 Å². The monoisotopic (exact) mass is 370 g/mol. The van der Waals surface area contributed by atoms with Crippen molar-refractivity contribution in [2.45, 2.75) is 33.5 Å². The molecule has 136 valence electrons. The van der Waals surface area contributed by atoms with Gasteiger partial charge in [0, 0.05) is 41.8 Å². The average molecular weight is 370 g/mol. The van der Waals surface area contributed by atoms with E-state index in [9.17, 15) is 0 Å². The van der Waals surface area contributed by atoms with Gasteiger partial charge in [-0.3, -0.25) is 9.58 Å². The van der Waals surface area contributed by atoms with Crippen LogP contribution in [0.1, 0.15) is 23.9 Å². The molecule has 0 atom stereocenters. The molecule has 0 saturated carbocycles. The highest BCUT2D eigenvalue weighted by molar-refractivity contribution is 7.13. The molecule has 0 N–H and O–H groups in total. The fourth-order valence-electron chi connectivity index (χ4n) is 3.12. The molecule has 7 heteroatoms. The SMILES string of the molecule is CCn1ncc(CN(C)Cc2csc(-c3ccc4c(c3)OCO4)n2)c1C. The average Bonchev–Trinajstić information content (AvgIpc) is 3.35. The van der Waals surface area contributed by atoms with Crippen LogP contribution in [0.3, 0.4) is 0 Å². The van der Waals surface area contributed by atoms with Gasteiger partial charge >= 0.3 is 0 Å². The Morgan fingerprint density at radius 1 is 1.23 bits per heavy atom. The van der Waals surface area contributed by atoms with Gasteiger partial charge in [0.15, 0.2) is 11.5 Å². The largest absolute Gasteiger partial charge is 0.454 e. The minimum Gasteiger partial charge on any atom is -0.454 e. The molecule has 0 saturated heterocycles. The number of hydrogen-bond acceptors (Lipinski definition) is 6. The molecule has 0 aliphatic carbocycles. The third-order valence-corrected chi connectivity index (χ3v) is 5.49. The third kappa shape index (κ3) is 3.32. The normalized spacial score (nSPS) is 12.9. The Bertz CT molecular complexity index is 918. The summed E-state index contributed by atoms with van der Waals surface area (Å²) in [6, 6.07) is 5.97. The van der Waals surface area contributed by atoms with Crippen LogP contribution in [0, 0.1) is 6.92 Å². The molecule has 4 rings (SSSR count). The van der Waals surface area contributed by atoms with E-state index in [0.717, 1.165) is 47.4 Å². The molecule has 2 aromatic heterocycles. The molecule has 3 heterocycles. The van der Waals surface area contributed by atoms with Crippen LogP contribution in [-0.4, -0.2) is 33.5 Å². The molecule has 1 aromatic carbocycles. The van der Waals surface area contributed by atoms with Crippen molar-refractivity contribution in [3.8, 4) is 22.1 Å². The van der Waals surface area contributed by atoms with Crippen LogP contribution in [0.2, 0.25) is 0 Å². The van der Waals surface area contributed by atoms with Crippen molar-refractivity contribution in [1.82, 2.24) is 19.7 Å². The number of fused-ring (bicyclic) bond motifs is 1. The van der Waals surface area contributed by atoms with Crippen LogP contribution in [-0.2, 0) is 19.6 Å². The molecule has 0 fully saturated rings. The number of hydrogen-bond donors (Lipinski definition) is 0. The second-order valence-corrected chi connectivity index (χ2v) is 7.31. The second kappa shape index (κ2) is 7.09. The van der Waals surface area contributed by atoms with E-state index in [0.29, 0.717) is 6.79 Å². The summed E-state index contributed by atoms with van der Waals surface area (Å²) in [6.07, 6.45) is 1.97. The Kier molecular flexibility index (Phi) is 4.65. The Morgan fingerprint density at radius 2 is 2.08 bits per heavy atom. The molecule has 0 spiro atoms. The number of rotatable bonds is 6. The van der Waals surface area contributed by atoms with Crippen molar-refractivity contribution in [3.63, 3.8) is 0 Å². The maximum absolute atomic E-state index is 5.46. The van der Waals surface area contributed by atoms with Crippen LogP contribution < -0.4 is 9.47 Å². The van der Waals surface area contributed by atoms with E-state index in [4.69, 9.17) is 14.5 Å². The van der Waals surface area contributed by atoms with E-state index in [-0.39, 0.29) is 0 Å². The number of aromatic nitrogens is 3. The quantitative estimate of drug-likeness (QED) is 0.662. The molecule has 1 aliphatic heterocycles. The van der Waals surface area contributed by atoms with Gasteiger partial charge in [-0.1, -0.05) is 0 Å². The van der Waals surface area contributed by atoms with E-state index in [2.05, 4.69) is 36.3 Å². The summed E-state index contributed by atoms with van der Waals surface area (Å²) >= 11 is 1.66. The molecule has 1 aliphatic rings. The third-order valence-electron chi connectivity index (χ3n) is 4.55. The first kappa shape index (κ1) is 17.1. The number of aryl methyl sites for hydroxylation is 1. The number of benzene rings is 1. The predicted molar refractivity (Wildman–Crippen MR) is 101 cm³/mol. The summed E-state index contributed by atoms with van der Waals surface area (Å²) < 4.78 is 12.9. The number of ether oxygens (including phenoxy) is 2. The minimum absolute atomic E-state index is 0.292. The fraction of sp³-hybridized carbons (Fsp3) is 0.368. The van der Waals surface area contributed by atoms with Gasteiger partial charge in [0.25, 0.3) is 0 Å². The van der Waals surface area contributed by atoms with E-state index in [1.54, 1.807) is 11.3 Å². The van der Waals surface area contributed by atoms with Crippen LogP contribution in [0.5, 0.6) is 11.5 Å². The lowest BCUT2D eigenvalue weighted by Crippen LogP contribution is -2.18. The first-order valence-corrected chi connectivity index (χ1v) is 9.56. The molecule has 0 amide bonds. The Balaban J connectivity index is 1.44. The lowest BCUT2D eigenvalue weighted by Gasteiger charge is -2.15. The van der Waals surface area contributed by atoms with Crippen molar-refractivity contribution in [3.05, 3.63) is 46.7 Å². The van der Waals surface area contributed by atoms with Crippen LogP contribution in [0.25, 0.3) is 10.6 Å². The van der Waals surface area contributed by atoms with E-state index >= 15 is 0 Å². The molecule has 0 unspecified atom stereocenters. The predicted octanol–water partition coefficient (Wildman–Crippen LogP) is 3.70. The lowest BCUT2D eigenvalue weighted by atomic mass is 10.2. The zero-order valence-electron chi connectivity index (χ0n) is 15.2. The number of nitrogens with zero attached hydrogens (tertiary/aromatic N) is 4. The summed E-state index contributed by atoms with van der Waals surface area (Å²) in [5.41, 5.74) is 4.64. The summed E-state index contributed by atoms with van der Waals surface area (Å²) in [6.45, 7) is 7.10. The molecule has 6 nitrogen and oxygen atoms in total. The summed E-state index contributed by atoms with van der Waals surface area (Å²) in [4.78, 5) is 7.06. The zero-order valence-corrected chi connectivity index (χ0v) is 16.0. The Morgan fingerprint density at radius 3 is 2.88 bits per heavy atom. The molecule has 3 aromatic rings. The van der Waals surface area contributed by atoms with Gasteiger partial charge in [-0.15, -0.1) is 11.3 Å². The lowest BCUT2D eigenvalue weighted by molar-refractivity contribution is 0.174. The van der Waals surface area contributed by atoms with Gasteiger partial charge in [-0.05, 0) is 39.1 Å². The van der Waals surface area contributed by atoms with Crippen molar-refractivity contribution < 1.29 is 9.47 Å². The van der Waals surface area contributed by atoms with Crippen molar-refractivity contribution in [2.24, 2.45) is 0 Å². The van der Waals surface area contributed by atoms with Crippen LogP contribution in [0.4, 0.5) is 0 Å². The van der Waals surface area contributed by atoms with E-state index < -0.39 is 0 Å². The van der Waals surface area contributed by atoms with Gasteiger partial charge in [0.2, 0.25) is 6.79 Å². The van der Waals surface area contributed by atoms with Gasteiger partial charge < -0.3 is 9.47 Å². The topological polar surface area (TPSA) is 52.4 Å². The second-order valence-electron chi connectivity index (χ2n) is 6.46. The maximum atomic E-state index is 5.46. The van der Waals surface area contributed by atoms with Gasteiger partial charge in [-0.2, -0.15) is 5.10 Å². The molecular formula is C19H22N4O2S. The Hall–Kier alpha value is -2.38. The fourth-order valence-corrected chi connectivity index (χ4v) is 3.93. The molecule has 0 bridgehead atoms. The van der Waals surface area contributed by atoms with Gasteiger partial charge in [-0.25, -0.2) is 4.98 Å². The molecule has 26 heavy (non-hydrogen) atoms. The van der Waals surface area contributed by atoms with Crippen molar-refractivity contribution in [2.75, 3.05) is 13.8 Å². The van der Waals surface area contributed by atoms with Gasteiger partial charge in [0.1, 0.15) is 5.01 Å². The highest BCUT2D eigenvalue weighted by Crippen LogP contribution is 2.36. The van der Waals surface area contributed by atoms with Crippen molar-refractivity contribution >= 4 is 11.3 Å². The number of thiazole rings is 1. The summed E-state index contributed by atoms with van der Waals surface area (Å²) in [7, 11) is 2.11. The zero-order chi connectivity index (χ0) is 18.1. The van der Waals surface area contributed by atoms with E-state index in [1.807, 2.05) is 29.1 Å². The van der Waals surface area contributed by atoms with E-state index in [1.165, 1.54) is 11.3 Å². The molecule has 0 radical (unpaired) electrons.